The van der Waals surface area contributed by atoms with E-state index in [-0.39, 0.29) is 12.0 Å². The summed E-state index contributed by atoms with van der Waals surface area (Å²) in [6.45, 7) is 2.21. The van der Waals surface area contributed by atoms with Crippen molar-refractivity contribution in [1.29, 1.82) is 0 Å². The fraction of sp³-hybridized carbons (Fsp3) is 0.227. The van der Waals surface area contributed by atoms with E-state index in [0.29, 0.717) is 40.0 Å². The van der Waals surface area contributed by atoms with Gasteiger partial charge in [-0.25, -0.2) is 9.07 Å². The molecule has 0 unspecified atom stereocenters. The molecule has 1 N–H and O–H groups in total. The number of rotatable bonds is 8. The molecule has 3 aromatic rings. The van der Waals surface area contributed by atoms with E-state index < -0.39 is 11.8 Å². The van der Waals surface area contributed by atoms with Gasteiger partial charge < -0.3 is 4.74 Å². The Labute approximate surface area is 188 Å². The number of carbonyl (C=O) groups excluding carboxylic acids is 1. The van der Waals surface area contributed by atoms with Gasteiger partial charge in [-0.3, -0.25) is 19.7 Å². The first-order valence-corrected chi connectivity index (χ1v) is 10.8. The molecule has 0 atom stereocenters. The van der Waals surface area contributed by atoms with E-state index in [2.05, 4.69) is 10.1 Å². The lowest BCUT2D eigenvalue weighted by molar-refractivity contribution is -0.139. The van der Waals surface area contributed by atoms with Crippen molar-refractivity contribution in [1.82, 2.24) is 9.78 Å². The van der Waals surface area contributed by atoms with Crippen molar-refractivity contribution in [2.75, 3.05) is 19.4 Å². The third kappa shape index (κ3) is 5.86. The number of benzene rings is 2. The molecule has 0 bridgehead atoms. The summed E-state index contributed by atoms with van der Waals surface area (Å²) in [7, 11) is 1.28. The van der Waals surface area contributed by atoms with Crippen molar-refractivity contribution in [3.05, 3.63) is 81.0 Å². The zero-order valence-corrected chi connectivity index (χ0v) is 18.6. The molecule has 0 spiro atoms. The van der Waals surface area contributed by atoms with Crippen LogP contribution >= 0.6 is 23.4 Å². The number of nitrogens with one attached hydrogen (secondary N) is 1. The van der Waals surface area contributed by atoms with Crippen LogP contribution in [0.5, 0.6) is 0 Å². The van der Waals surface area contributed by atoms with Gasteiger partial charge in [-0.2, -0.15) is 0 Å². The quantitative estimate of drug-likeness (QED) is 0.235. The van der Waals surface area contributed by atoms with Crippen molar-refractivity contribution < 1.29 is 13.9 Å². The molecule has 0 radical (unpaired) electrons. The molecule has 9 heteroatoms. The SMILES string of the molecule is COC(=O)Cc1[nH]n(-c2ccc(F)cc2)c(=O)c1C(C)=NCCSc1ccc(Cl)cc1. The fourth-order valence-corrected chi connectivity index (χ4v) is 3.83. The third-order valence-electron chi connectivity index (χ3n) is 4.48. The van der Waals surface area contributed by atoms with Crippen LogP contribution in [0, 0.1) is 5.82 Å². The van der Waals surface area contributed by atoms with Gasteiger partial charge in [-0.05, 0) is 55.5 Å². The predicted molar refractivity (Wildman–Crippen MR) is 121 cm³/mol. The number of hydrogen-bond acceptors (Lipinski definition) is 5. The summed E-state index contributed by atoms with van der Waals surface area (Å²) in [5.41, 5.74) is 1.31. The summed E-state index contributed by atoms with van der Waals surface area (Å²) in [6.07, 6.45) is -0.109. The lowest BCUT2D eigenvalue weighted by atomic mass is 10.1. The minimum atomic E-state index is -0.486. The van der Waals surface area contributed by atoms with Crippen LogP contribution in [0.1, 0.15) is 18.2 Å². The molecule has 0 aliphatic rings. The molecule has 2 aromatic carbocycles. The Morgan fingerprint density at radius 1 is 1.19 bits per heavy atom. The second kappa shape index (κ2) is 10.5. The number of thioether (sulfide) groups is 1. The van der Waals surface area contributed by atoms with Crippen LogP contribution in [-0.4, -0.2) is 40.9 Å². The third-order valence-corrected chi connectivity index (χ3v) is 5.73. The van der Waals surface area contributed by atoms with Crippen molar-refractivity contribution in [3.63, 3.8) is 0 Å². The van der Waals surface area contributed by atoms with Crippen LogP contribution in [0.4, 0.5) is 4.39 Å². The lowest BCUT2D eigenvalue weighted by Gasteiger charge is -2.03. The van der Waals surface area contributed by atoms with Crippen LogP contribution in [0.25, 0.3) is 5.69 Å². The highest BCUT2D eigenvalue weighted by atomic mass is 35.5. The summed E-state index contributed by atoms with van der Waals surface area (Å²) in [5.74, 6) is -0.184. The molecule has 0 fully saturated rings. The van der Waals surface area contributed by atoms with Gasteiger partial charge in [-0.1, -0.05) is 11.6 Å². The van der Waals surface area contributed by atoms with E-state index >= 15 is 0 Å². The zero-order valence-electron chi connectivity index (χ0n) is 17.0. The molecule has 0 aliphatic heterocycles. The highest BCUT2D eigenvalue weighted by Gasteiger charge is 2.20. The Balaban J connectivity index is 1.83. The van der Waals surface area contributed by atoms with Crippen LogP contribution in [0.2, 0.25) is 5.02 Å². The van der Waals surface area contributed by atoms with Crippen LogP contribution in [0.3, 0.4) is 0 Å². The highest BCUT2D eigenvalue weighted by molar-refractivity contribution is 7.99. The van der Waals surface area contributed by atoms with Gasteiger partial charge in [0.1, 0.15) is 5.82 Å². The molecule has 1 heterocycles. The number of ether oxygens (including phenoxy) is 1. The van der Waals surface area contributed by atoms with Crippen LogP contribution < -0.4 is 5.56 Å². The van der Waals surface area contributed by atoms with E-state index in [1.54, 1.807) is 18.7 Å². The van der Waals surface area contributed by atoms with Gasteiger partial charge in [0, 0.05) is 27.9 Å². The number of carbonyl (C=O) groups is 1. The number of halogens is 2. The summed E-state index contributed by atoms with van der Waals surface area (Å²) >= 11 is 7.52. The molecule has 0 saturated heterocycles. The van der Waals surface area contributed by atoms with Gasteiger partial charge >= 0.3 is 5.97 Å². The second-order valence-electron chi connectivity index (χ2n) is 6.60. The molecule has 1 aromatic heterocycles. The Kier molecular flexibility index (Phi) is 7.70. The van der Waals surface area contributed by atoms with Gasteiger partial charge in [0.25, 0.3) is 5.56 Å². The summed E-state index contributed by atoms with van der Waals surface area (Å²) in [5, 5.41) is 3.62. The Hall–Kier alpha value is -2.84. The largest absolute Gasteiger partial charge is 0.469 e. The Bertz CT molecular complexity index is 1140. The van der Waals surface area contributed by atoms with Crippen molar-refractivity contribution in [2.24, 2.45) is 4.99 Å². The van der Waals surface area contributed by atoms with E-state index in [4.69, 9.17) is 16.3 Å². The normalized spacial score (nSPS) is 11.5. The van der Waals surface area contributed by atoms with E-state index in [0.717, 1.165) is 4.90 Å². The maximum atomic E-state index is 13.3. The highest BCUT2D eigenvalue weighted by Crippen LogP contribution is 2.20. The molecule has 6 nitrogen and oxygen atoms in total. The smallest absolute Gasteiger partial charge is 0.311 e. The standard InChI is InChI=1S/C22H21ClFN3O3S/c1-14(25-11-12-31-18-9-3-15(23)4-10-18)21-19(13-20(28)30-2)26-27(22(21)29)17-7-5-16(24)6-8-17/h3-10,26H,11-13H2,1-2H3. The number of nitrogens with zero attached hydrogens (tertiary/aromatic N) is 2. The first-order valence-electron chi connectivity index (χ1n) is 9.45. The molecule has 0 aliphatic carbocycles. The number of aromatic nitrogens is 2. The molecule has 162 valence electrons. The Morgan fingerprint density at radius 3 is 2.52 bits per heavy atom. The summed E-state index contributed by atoms with van der Waals surface area (Å²) in [4.78, 5) is 30.5. The molecule has 3 rings (SSSR count). The molecule has 31 heavy (non-hydrogen) atoms. The Morgan fingerprint density at radius 2 is 1.87 bits per heavy atom. The second-order valence-corrected chi connectivity index (χ2v) is 8.21. The van der Waals surface area contributed by atoms with E-state index in [9.17, 15) is 14.0 Å². The molecule has 0 amide bonds. The van der Waals surface area contributed by atoms with Gasteiger partial charge in [0.05, 0.1) is 30.5 Å². The number of hydrogen-bond donors (Lipinski definition) is 1. The van der Waals surface area contributed by atoms with Gasteiger partial charge in [0.2, 0.25) is 0 Å². The number of esters is 1. The molecular weight excluding hydrogens is 441 g/mol. The lowest BCUT2D eigenvalue weighted by Crippen LogP contribution is -2.20. The van der Waals surface area contributed by atoms with E-state index in [1.807, 2.05) is 24.3 Å². The van der Waals surface area contributed by atoms with Crippen molar-refractivity contribution in [2.45, 2.75) is 18.2 Å². The first kappa shape index (κ1) is 22.8. The summed E-state index contributed by atoms with van der Waals surface area (Å²) < 4.78 is 19.3. The number of H-pyrrole nitrogens is 1. The van der Waals surface area contributed by atoms with Crippen molar-refractivity contribution >= 4 is 35.0 Å². The fourth-order valence-electron chi connectivity index (χ4n) is 2.96. The van der Waals surface area contributed by atoms with Crippen LogP contribution in [0.15, 0.2) is 63.2 Å². The number of aliphatic imine (C=N–C) groups is 1. The summed E-state index contributed by atoms with van der Waals surface area (Å²) in [6, 6.07) is 13.0. The van der Waals surface area contributed by atoms with Gasteiger partial charge in [-0.15, -0.1) is 11.8 Å². The molecule has 0 saturated carbocycles. The first-order chi connectivity index (χ1) is 14.9. The maximum Gasteiger partial charge on any atom is 0.311 e. The topological polar surface area (TPSA) is 76.5 Å². The monoisotopic (exact) mass is 461 g/mol. The average Bonchev–Trinajstić information content (AvgIpc) is 3.08. The number of aromatic amines is 1. The minimum Gasteiger partial charge on any atom is -0.469 e. The zero-order chi connectivity index (χ0) is 22.4. The van der Waals surface area contributed by atoms with E-state index in [1.165, 1.54) is 36.1 Å². The van der Waals surface area contributed by atoms with Crippen LogP contribution in [-0.2, 0) is 16.0 Å². The average molecular weight is 462 g/mol. The molecular formula is C22H21ClFN3O3S. The van der Waals surface area contributed by atoms with Gasteiger partial charge in [0.15, 0.2) is 0 Å². The number of methoxy groups -OCH3 is 1. The predicted octanol–water partition coefficient (Wildman–Crippen LogP) is 4.27. The maximum absolute atomic E-state index is 13.3. The minimum absolute atomic E-state index is 0.109. The van der Waals surface area contributed by atoms with Crippen molar-refractivity contribution in [3.8, 4) is 5.69 Å².